The van der Waals surface area contributed by atoms with Crippen molar-refractivity contribution in [3.63, 3.8) is 0 Å². The molecule has 3 amide bonds. The molecule has 1 spiro atoms. The van der Waals surface area contributed by atoms with Crippen LogP contribution >= 0.6 is 11.8 Å². The van der Waals surface area contributed by atoms with Crippen LogP contribution < -0.4 is 9.64 Å². The Morgan fingerprint density at radius 3 is 2.41 bits per heavy atom. The predicted molar refractivity (Wildman–Crippen MR) is 155 cm³/mol. The molecule has 2 bridgehead atoms. The predicted octanol–water partition coefficient (Wildman–Crippen LogP) is 3.50. The molecule has 0 aromatic heterocycles. The molecule has 5 atom stereocenters. The van der Waals surface area contributed by atoms with E-state index < -0.39 is 28.2 Å². The van der Waals surface area contributed by atoms with Crippen LogP contribution in [0.25, 0.3) is 0 Å². The summed E-state index contributed by atoms with van der Waals surface area (Å²) >= 11 is 1.63. The summed E-state index contributed by atoms with van der Waals surface area (Å²) in [6, 6.07) is 6.61. The van der Waals surface area contributed by atoms with Gasteiger partial charge in [-0.15, -0.1) is 24.9 Å². The minimum absolute atomic E-state index is 0.0565. The van der Waals surface area contributed by atoms with Crippen molar-refractivity contribution in [3.8, 4) is 5.75 Å². The lowest BCUT2D eigenvalue weighted by Crippen LogP contribution is -2.59. The van der Waals surface area contributed by atoms with E-state index >= 15 is 0 Å². The van der Waals surface area contributed by atoms with E-state index in [9.17, 15) is 19.5 Å². The van der Waals surface area contributed by atoms with Gasteiger partial charge in [0, 0.05) is 36.1 Å². The van der Waals surface area contributed by atoms with Gasteiger partial charge in [0.1, 0.15) is 11.8 Å². The molecule has 3 heterocycles. The third-order valence-electron chi connectivity index (χ3n) is 8.08. The molecule has 8 nitrogen and oxygen atoms in total. The number of carbonyl (C=O) groups is 3. The van der Waals surface area contributed by atoms with Crippen LogP contribution in [0.1, 0.15) is 40.5 Å². The number of aliphatic hydroxyl groups excluding tert-OH is 1. The molecule has 4 rings (SSSR count). The fourth-order valence-electron chi connectivity index (χ4n) is 6.55. The monoisotopic (exact) mass is 555 g/mol. The highest BCUT2D eigenvalue weighted by Gasteiger charge is 2.74. The second-order valence-electron chi connectivity index (χ2n) is 11.4. The number of aliphatic hydroxyl groups is 1. The summed E-state index contributed by atoms with van der Waals surface area (Å²) in [5.41, 5.74) is 0.221. The number of β-amino-alcohol motifs (C(OH)–C–C–N with tert-alkyl or cyclic N) is 1. The first-order chi connectivity index (χ1) is 18.5. The minimum Gasteiger partial charge on any atom is -0.494 e. The Hall–Kier alpha value is -2.78. The number of ether oxygens (including phenoxy) is 1. The Labute approximate surface area is 236 Å². The number of thioether (sulfide) groups is 1. The molecule has 3 fully saturated rings. The van der Waals surface area contributed by atoms with Gasteiger partial charge in [0.15, 0.2) is 0 Å². The Morgan fingerprint density at radius 2 is 1.85 bits per heavy atom. The standard InChI is InChI=1S/C30H41N3O5S/c1-7-16-31(20-10-12-21(13-11-20)38-9-3)26(35)23-22-14-15-30(39-22)24(23)27(36)32(18-19-34)25(30)28(37)33(17-8-2)29(4,5)6/h7-8,10-13,22-25,34H,1-2,9,14-19H2,3-6H3/t22-,23+,24-,25?,30?/m0/s1. The number of anilines is 1. The number of benzene rings is 1. The quantitative estimate of drug-likeness (QED) is 0.421. The fraction of sp³-hybridized carbons (Fsp3) is 0.567. The van der Waals surface area contributed by atoms with E-state index in [1.165, 1.54) is 0 Å². The van der Waals surface area contributed by atoms with Gasteiger partial charge in [0.25, 0.3) is 0 Å². The molecule has 0 saturated carbocycles. The minimum atomic E-state index is -0.743. The summed E-state index contributed by atoms with van der Waals surface area (Å²) in [5, 5.41) is 9.82. The number of likely N-dealkylation sites (tertiary alicyclic amines) is 1. The van der Waals surface area contributed by atoms with Crippen molar-refractivity contribution < 1.29 is 24.2 Å². The highest BCUT2D eigenvalue weighted by Crippen LogP contribution is 2.66. The van der Waals surface area contributed by atoms with E-state index in [1.807, 2.05) is 52.0 Å². The number of hydrogen-bond donors (Lipinski definition) is 1. The largest absolute Gasteiger partial charge is 0.494 e. The van der Waals surface area contributed by atoms with Crippen molar-refractivity contribution in [2.24, 2.45) is 11.8 Å². The zero-order valence-corrected chi connectivity index (χ0v) is 24.3. The molecule has 1 N–H and O–H groups in total. The number of amides is 3. The van der Waals surface area contributed by atoms with Gasteiger partial charge in [0.05, 0.1) is 29.8 Å². The van der Waals surface area contributed by atoms with Gasteiger partial charge in [-0.1, -0.05) is 12.2 Å². The molecule has 0 radical (unpaired) electrons. The van der Waals surface area contributed by atoms with Crippen LogP contribution in [0.15, 0.2) is 49.6 Å². The molecule has 3 saturated heterocycles. The van der Waals surface area contributed by atoms with Crippen LogP contribution in [0.3, 0.4) is 0 Å². The lowest BCUT2D eigenvalue weighted by atomic mass is 9.70. The molecule has 1 aromatic carbocycles. The second-order valence-corrected chi connectivity index (χ2v) is 13.0. The van der Waals surface area contributed by atoms with Crippen LogP contribution in [-0.4, -0.2) is 87.1 Å². The highest BCUT2D eigenvalue weighted by atomic mass is 32.2. The molecule has 212 valence electrons. The van der Waals surface area contributed by atoms with Gasteiger partial charge >= 0.3 is 0 Å². The van der Waals surface area contributed by atoms with Crippen molar-refractivity contribution in [3.05, 3.63) is 49.6 Å². The SMILES string of the molecule is C=CCN(C(=O)[C@@H]1[C@@H]2CCC3(S2)C(C(=O)N(CC=C)C(C)(C)C)N(CCO)C(=O)[C@H]13)c1ccc(OCC)cc1. The van der Waals surface area contributed by atoms with Crippen LogP contribution in [0.2, 0.25) is 0 Å². The lowest BCUT2D eigenvalue weighted by Gasteiger charge is -2.42. The van der Waals surface area contributed by atoms with E-state index in [2.05, 4.69) is 13.2 Å². The van der Waals surface area contributed by atoms with E-state index in [-0.39, 0.29) is 36.1 Å². The van der Waals surface area contributed by atoms with Crippen LogP contribution in [-0.2, 0) is 14.4 Å². The van der Waals surface area contributed by atoms with Crippen molar-refractivity contribution in [2.45, 2.75) is 62.1 Å². The van der Waals surface area contributed by atoms with Gasteiger partial charge in [-0.3, -0.25) is 14.4 Å². The Morgan fingerprint density at radius 1 is 1.18 bits per heavy atom. The third-order valence-corrected chi connectivity index (χ3v) is 10.0. The lowest BCUT2D eigenvalue weighted by molar-refractivity contribution is -0.145. The topological polar surface area (TPSA) is 90.4 Å². The highest BCUT2D eigenvalue weighted by molar-refractivity contribution is 8.02. The molecule has 3 aliphatic heterocycles. The first-order valence-electron chi connectivity index (χ1n) is 13.7. The number of carbonyl (C=O) groups excluding carboxylic acids is 3. The van der Waals surface area contributed by atoms with Crippen LogP contribution in [0.5, 0.6) is 5.75 Å². The Kier molecular flexibility index (Phi) is 8.52. The normalized spacial score (nSPS) is 27.3. The van der Waals surface area contributed by atoms with Gasteiger partial charge < -0.3 is 24.5 Å². The van der Waals surface area contributed by atoms with Gasteiger partial charge in [-0.2, -0.15) is 0 Å². The second kappa shape index (κ2) is 11.4. The van der Waals surface area contributed by atoms with Crippen molar-refractivity contribution in [2.75, 3.05) is 37.7 Å². The summed E-state index contributed by atoms with van der Waals surface area (Å²) < 4.78 is 4.85. The summed E-state index contributed by atoms with van der Waals surface area (Å²) in [7, 11) is 0. The van der Waals surface area contributed by atoms with Crippen molar-refractivity contribution in [1.29, 1.82) is 0 Å². The van der Waals surface area contributed by atoms with Crippen LogP contribution in [0.4, 0.5) is 5.69 Å². The summed E-state index contributed by atoms with van der Waals surface area (Å²) in [6.45, 7) is 16.5. The first kappa shape index (κ1) is 29.2. The zero-order valence-electron chi connectivity index (χ0n) is 23.5. The van der Waals surface area contributed by atoms with Gasteiger partial charge in [-0.05, 0) is 64.8 Å². The average Bonchev–Trinajstić information content (AvgIpc) is 3.53. The number of fused-ring (bicyclic) bond motifs is 1. The summed E-state index contributed by atoms with van der Waals surface area (Å²) in [4.78, 5) is 47.5. The molecule has 1 aromatic rings. The number of rotatable bonds is 11. The average molecular weight is 556 g/mol. The zero-order chi connectivity index (χ0) is 28.5. The van der Waals surface area contributed by atoms with E-state index in [0.29, 0.717) is 31.8 Å². The summed E-state index contributed by atoms with van der Waals surface area (Å²) in [5.74, 6) is -0.974. The van der Waals surface area contributed by atoms with E-state index in [1.54, 1.807) is 38.6 Å². The molecule has 0 aliphatic carbocycles. The maximum absolute atomic E-state index is 14.3. The maximum atomic E-state index is 14.3. The summed E-state index contributed by atoms with van der Waals surface area (Å²) in [6.07, 6.45) is 4.81. The third kappa shape index (κ3) is 4.99. The molecular formula is C30H41N3O5S. The molecule has 3 aliphatic rings. The van der Waals surface area contributed by atoms with Crippen LogP contribution in [0, 0.1) is 11.8 Å². The Balaban J connectivity index is 1.72. The number of hydrogen-bond acceptors (Lipinski definition) is 6. The fourth-order valence-corrected chi connectivity index (χ4v) is 8.76. The number of nitrogens with zero attached hydrogens (tertiary/aromatic N) is 3. The van der Waals surface area contributed by atoms with Gasteiger partial charge in [0.2, 0.25) is 17.7 Å². The Bertz CT molecular complexity index is 1120. The smallest absolute Gasteiger partial charge is 0.247 e. The van der Waals surface area contributed by atoms with Gasteiger partial charge in [-0.25, -0.2) is 0 Å². The van der Waals surface area contributed by atoms with Crippen molar-refractivity contribution >= 4 is 35.2 Å². The molecule has 9 heteroatoms. The first-order valence-corrected chi connectivity index (χ1v) is 14.6. The van der Waals surface area contributed by atoms with E-state index in [4.69, 9.17) is 4.74 Å². The molecule has 39 heavy (non-hydrogen) atoms. The van der Waals surface area contributed by atoms with Crippen molar-refractivity contribution in [1.82, 2.24) is 9.80 Å². The maximum Gasteiger partial charge on any atom is 0.247 e. The molecule has 2 unspecified atom stereocenters. The van der Waals surface area contributed by atoms with E-state index in [0.717, 1.165) is 12.2 Å². The molecular weight excluding hydrogens is 514 g/mol.